The van der Waals surface area contributed by atoms with Gasteiger partial charge in [-0.1, -0.05) is 31.5 Å². The summed E-state index contributed by atoms with van der Waals surface area (Å²) in [4.78, 5) is 0. The maximum atomic E-state index is 11.2. The summed E-state index contributed by atoms with van der Waals surface area (Å²) in [5.74, 6) is 0.562. The minimum atomic E-state index is -1.16. The molecule has 0 spiro atoms. The van der Waals surface area contributed by atoms with Crippen molar-refractivity contribution >= 4 is 39.3 Å². The number of aromatic nitrogens is 2. The molecule has 1 heterocycles. The lowest BCUT2D eigenvalue weighted by Gasteiger charge is -2.01. The van der Waals surface area contributed by atoms with Gasteiger partial charge in [0.15, 0.2) is 5.82 Å². The standard InChI is InChI=1S/C10H12ClN3OS.C2H6/c1-6-4-5-7(11)8-9(6)14(2)12-10(8)13-16(3)15;1-2/h4-5H,1-3H3,(H,12,13);1-2H3. The quantitative estimate of drug-likeness (QED) is 0.921. The Hall–Kier alpha value is -1.07. The molecule has 1 N–H and O–H groups in total. The Morgan fingerprint density at radius 2 is 2.00 bits per heavy atom. The predicted molar refractivity (Wildman–Crippen MR) is 79.5 cm³/mol. The number of nitrogens with one attached hydrogen (secondary N) is 1. The monoisotopic (exact) mass is 287 g/mol. The molecule has 0 amide bonds. The molecule has 0 saturated heterocycles. The van der Waals surface area contributed by atoms with Crippen molar-refractivity contribution in [2.24, 2.45) is 7.05 Å². The SMILES string of the molecule is CC.Cc1ccc(Cl)c2c(NS(C)=O)nn(C)c12. The van der Waals surface area contributed by atoms with Crippen molar-refractivity contribution in [3.05, 3.63) is 22.7 Å². The molecule has 0 fully saturated rings. The Morgan fingerprint density at radius 3 is 2.56 bits per heavy atom. The summed E-state index contributed by atoms with van der Waals surface area (Å²) >= 11 is 6.14. The fraction of sp³-hybridized carbons (Fsp3) is 0.417. The fourth-order valence-corrected chi connectivity index (χ4v) is 2.43. The molecule has 0 saturated carbocycles. The summed E-state index contributed by atoms with van der Waals surface area (Å²) in [5.41, 5.74) is 2.05. The van der Waals surface area contributed by atoms with E-state index in [-0.39, 0.29) is 0 Å². The van der Waals surface area contributed by atoms with Crippen molar-refractivity contribution in [1.29, 1.82) is 0 Å². The van der Waals surface area contributed by atoms with Gasteiger partial charge in [-0.3, -0.25) is 9.40 Å². The molecular weight excluding hydrogens is 270 g/mol. The third-order valence-electron chi connectivity index (χ3n) is 2.38. The van der Waals surface area contributed by atoms with Gasteiger partial charge >= 0.3 is 0 Å². The van der Waals surface area contributed by atoms with Crippen molar-refractivity contribution in [2.75, 3.05) is 11.0 Å². The molecule has 1 atom stereocenters. The number of fused-ring (bicyclic) bond motifs is 1. The van der Waals surface area contributed by atoms with Crippen LogP contribution in [0.3, 0.4) is 0 Å². The zero-order chi connectivity index (χ0) is 13.9. The number of nitrogens with zero attached hydrogens (tertiary/aromatic N) is 2. The van der Waals surface area contributed by atoms with E-state index >= 15 is 0 Å². The van der Waals surface area contributed by atoms with Crippen LogP contribution in [0.25, 0.3) is 10.9 Å². The van der Waals surface area contributed by atoms with Crippen LogP contribution in [0.1, 0.15) is 19.4 Å². The smallest absolute Gasteiger partial charge is 0.169 e. The number of hydrogen-bond acceptors (Lipinski definition) is 2. The minimum Gasteiger partial charge on any atom is -0.288 e. The number of halogens is 1. The summed E-state index contributed by atoms with van der Waals surface area (Å²) < 4.78 is 15.7. The van der Waals surface area contributed by atoms with Crippen LogP contribution < -0.4 is 4.72 Å². The lowest BCUT2D eigenvalue weighted by molar-refractivity contribution is 0.689. The van der Waals surface area contributed by atoms with Gasteiger partial charge in [0.05, 0.1) is 15.9 Å². The van der Waals surface area contributed by atoms with E-state index in [1.165, 1.54) is 0 Å². The van der Waals surface area contributed by atoms with Crippen LogP contribution in [-0.2, 0) is 18.0 Å². The molecule has 1 aromatic carbocycles. The van der Waals surface area contributed by atoms with Crippen LogP contribution in [0.4, 0.5) is 5.82 Å². The summed E-state index contributed by atoms with van der Waals surface area (Å²) in [6, 6.07) is 3.77. The van der Waals surface area contributed by atoms with E-state index < -0.39 is 11.0 Å². The lowest BCUT2D eigenvalue weighted by atomic mass is 10.1. The first kappa shape index (κ1) is 15.0. The first-order valence-corrected chi connectivity index (χ1v) is 7.66. The van der Waals surface area contributed by atoms with Crippen LogP contribution in [0.15, 0.2) is 12.1 Å². The van der Waals surface area contributed by atoms with Gasteiger partial charge in [0, 0.05) is 13.3 Å². The summed E-state index contributed by atoms with van der Waals surface area (Å²) in [6.45, 7) is 5.99. The minimum absolute atomic E-state index is 0.562. The average Bonchev–Trinajstić information content (AvgIpc) is 2.64. The first-order valence-electron chi connectivity index (χ1n) is 5.72. The normalized spacial score (nSPS) is 11.9. The van der Waals surface area contributed by atoms with Crippen LogP contribution in [0.2, 0.25) is 5.02 Å². The molecule has 1 unspecified atom stereocenters. The van der Waals surface area contributed by atoms with Gasteiger partial charge in [-0.25, -0.2) is 4.21 Å². The van der Waals surface area contributed by atoms with Crippen molar-refractivity contribution in [1.82, 2.24) is 9.78 Å². The second-order valence-corrected chi connectivity index (χ2v) is 5.14. The fourth-order valence-electron chi connectivity index (χ4n) is 1.77. The Balaban J connectivity index is 0.000000771. The molecule has 0 bridgehead atoms. The van der Waals surface area contributed by atoms with E-state index in [0.717, 1.165) is 16.5 Å². The molecule has 18 heavy (non-hydrogen) atoms. The van der Waals surface area contributed by atoms with Gasteiger partial charge in [0.25, 0.3) is 0 Å². The predicted octanol–water partition coefficient (Wildman–Crippen LogP) is 3.27. The van der Waals surface area contributed by atoms with E-state index in [2.05, 4.69) is 9.82 Å². The summed E-state index contributed by atoms with van der Waals surface area (Å²) in [6.07, 6.45) is 1.56. The van der Waals surface area contributed by atoms with E-state index in [9.17, 15) is 4.21 Å². The molecule has 1 aromatic heterocycles. The van der Waals surface area contributed by atoms with Gasteiger partial charge in [-0.05, 0) is 18.6 Å². The highest BCUT2D eigenvalue weighted by Crippen LogP contribution is 2.31. The second kappa shape index (κ2) is 6.20. The molecule has 100 valence electrons. The van der Waals surface area contributed by atoms with Crippen molar-refractivity contribution in [3.8, 4) is 0 Å². The van der Waals surface area contributed by atoms with Gasteiger partial charge in [-0.15, -0.1) is 0 Å². The van der Waals surface area contributed by atoms with Gasteiger partial charge in [0.1, 0.15) is 11.0 Å². The second-order valence-electron chi connectivity index (χ2n) is 3.62. The van der Waals surface area contributed by atoms with Crippen LogP contribution in [-0.4, -0.2) is 20.2 Å². The molecule has 4 nitrogen and oxygen atoms in total. The van der Waals surface area contributed by atoms with Crippen molar-refractivity contribution in [3.63, 3.8) is 0 Å². The number of benzene rings is 1. The molecular formula is C12H18ClN3OS. The third-order valence-corrected chi connectivity index (χ3v) is 3.18. The van der Waals surface area contributed by atoms with Crippen molar-refractivity contribution in [2.45, 2.75) is 20.8 Å². The average molecular weight is 288 g/mol. The Kier molecular flexibility index (Phi) is 5.16. The zero-order valence-electron chi connectivity index (χ0n) is 11.2. The molecule has 0 aliphatic carbocycles. The Labute approximate surface area is 115 Å². The molecule has 2 rings (SSSR count). The topological polar surface area (TPSA) is 46.9 Å². The number of aryl methyl sites for hydroxylation is 2. The van der Waals surface area contributed by atoms with Crippen LogP contribution in [0.5, 0.6) is 0 Å². The summed E-state index contributed by atoms with van der Waals surface area (Å²) in [7, 11) is 0.684. The van der Waals surface area contributed by atoms with Gasteiger partial charge in [-0.2, -0.15) is 5.10 Å². The first-order chi connectivity index (χ1) is 8.50. The highest BCUT2D eigenvalue weighted by molar-refractivity contribution is 7.85. The Morgan fingerprint density at radius 1 is 1.39 bits per heavy atom. The maximum absolute atomic E-state index is 11.2. The molecule has 0 radical (unpaired) electrons. The van der Waals surface area contributed by atoms with Crippen molar-refractivity contribution < 1.29 is 4.21 Å². The highest BCUT2D eigenvalue weighted by atomic mass is 35.5. The molecule has 2 aromatic rings. The van der Waals surface area contributed by atoms with E-state index in [0.29, 0.717) is 10.8 Å². The van der Waals surface area contributed by atoms with Gasteiger partial charge < -0.3 is 0 Å². The van der Waals surface area contributed by atoms with E-state index in [1.807, 2.05) is 40.0 Å². The van der Waals surface area contributed by atoms with E-state index in [4.69, 9.17) is 11.6 Å². The van der Waals surface area contributed by atoms with Crippen LogP contribution >= 0.6 is 11.6 Å². The Bertz CT molecular complexity index is 580. The molecule has 0 aliphatic rings. The highest BCUT2D eigenvalue weighted by Gasteiger charge is 2.14. The van der Waals surface area contributed by atoms with E-state index in [1.54, 1.807) is 10.9 Å². The third kappa shape index (κ3) is 2.84. The number of anilines is 1. The van der Waals surface area contributed by atoms with Gasteiger partial charge in [0.2, 0.25) is 0 Å². The van der Waals surface area contributed by atoms with Crippen LogP contribution in [0, 0.1) is 6.92 Å². The number of rotatable bonds is 2. The maximum Gasteiger partial charge on any atom is 0.169 e. The summed E-state index contributed by atoms with van der Waals surface area (Å²) in [5, 5.41) is 5.71. The lowest BCUT2D eigenvalue weighted by Crippen LogP contribution is -2.02. The molecule has 0 aliphatic heterocycles. The number of hydrogen-bond donors (Lipinski definition) is 1. The zero-order valence-corrected chi connectivity index (χ0v) is 12.8. The molecule has 6 heteroatoms. The largest absolute Gasteiger partial charge is 0.288 e.